The Balaban J connectivity index is 1.90. The van der Waals surface area contributed by atoms with E-state index in [4.69, 9.17) is 11.6 Å². The fourth-order valence-corrected chi connectivity index (χ4v) is 2.82. The number of anilines is 2. The second-order valence-corrected chi connectivity index (χ2v) is 6.11. The van der Waals surface area contributed by atoms with Crippen LogP contribution in [0.15, 0.2) is 48.5 Å². The van der Waals surface area contributed by atoms with Crippen LogP contribution in [-0.2, 0) is 4.79 Å². The lowest BCUT2D eigenvalue weighted by molar-refractivity contribution is -0.118. The third-order valence-corrected chi connectivity index (χ3v) is 4.10. The van der Waals surface area contributed by atoms with Gasteiger partial charge in [0.1, 0.15) is 0 Å². The predicted octanol–water partition coefficient (Wildman–Crippen LogP) is 3.76. The Kier molecular flexibility index (Phi) is 4.35. The summed E-state index contributed by atoms with van der Waals surface area (Å²) in [5.41, 5.74) is 2.16. The largest absolute Gasteiger partial charge is 0.380 e. The van der Waals surface area contributed by atoms with Crippen molar-refractivity contribution in [3.63, 3.8) is 0 Å². The highest BCUT2D eigenvalue weighted by atomic mass is 35.5. The van der Waals surface area contributed by atoms with E-state index in [0.29, 0.717) is 17.0 Å². The van der Waals surface area contributed by atoms with E-state index in [1.54, 1.807) is 29.2 Å². The molecule has 23 heavy (non-hydrogen) atoms. The van der Waals surface area contributed by atoms with Crippen molar-refractivity contribution in [3.05, 3.63) is 59.1 Å². The van der Waals surface area contributed by atoms with Crippen molar-refractivity contribution >= 4 is 34.7 Å². The molecule has 4 nitrogen and oxygen atoms in total. The minimum Gasteiger partial charge on any atom is -0.380 e. The summed E-state index contributed by atoms with van der Waals surface area (Å²) >= 11 is 5.85. The monoisotopic (exact) mass is 328 g/mol. The van der Waals surface area contributed by atoms with Gasteiger partial charge in [0.15, 0.2) is 5.78 Å². The second-order valence-electron chi connectivity index (χ2n) is 5.68. The molecule has 5 heteroatoms. The molecule has 2 aromatic rings. The molecule has 0 saturated heterocycles. The zero-order chi connectivity index (χ0) is 16.4. The Morgan fingerprint density at radius 1 is 1.22 bits per heavy atom. The Hall–Kier alpha value is -2.33. The molecule has 0 saturated carbocycles. The quantitative estimate of drug-likeness (QED) is 0.873. The summed E-state index contributed by atoms with van der Waals surface area (Å²) in [6, 6.07) is 14.3. The van der Waals surface area contributed by atoms with Crippen molar-refractivity contribution in [3.8, 4) is 0 Å². The number of fused-ring (bicyclic) bond motifs is 1. The van der Waals surface area contributed by atoms with Crippen LogP contribution < -0.4 is 10.2 Å². The third-order valence-electron chi connectivity index (χ3n) is 3.85. The van der Waals surface area contributed by atoms with E-state index in [1.807, 2.05) is 31.2 Å². The summed E-state index contributed by atoms with van der Waals surface area (Å²) in [5.74, 6) is -0.170. The molecule has 2 aromatic carbocycles. The number of hydrogen-bond acceptors (Lipinski definition) is 3. The maximum atomic E-state index is 12.5. The van der Waals surface area contributed by atoms with E-state index in [-0.39, 0.29) is 24.3 Å². The van der Waals surface area contributed by atoms with Gasteiger partial charge < -0.3 is 10.2 Å². The highest BCUT2D eigenvalue weighted by Gasteiger charge is 2.27. The Labute approximate surface area is 140 Å². The molecule has 0 bridgehead atoms. The van der Waals surface area contributed by atoms with Gasteiger partial charge in [0.2, 0.25) is 5.91 Å². The molecule has 0 aromatic heterocycles. The first-order valence-corrected chi connectivity index (χ1v) is 7.87. The number of amides is 1. The summed E-state index contributed by atoms with van der Waals surface area (Å²) in [7, 11) is 0. The van der Waals surface area contributed by atoms with Gasteiger partial charge in [-0.2, -0.15) is 0 Å². The first-order chi connectivity index (χ1) is 11.0. The molecule has 1 amide bonds. The zero-order valence-electron chi connectivity index (χ0n) is 12.8. The number of Topliss-reactive ketones (excluding diaryl/α,β-unsaturated/α-hetero) is 1. The average Bonchev–Trinajstić information content (AvgIpc) is 2.64. The van der Waals surface area contributed by atoms with Crippen LogP contribution in [0.25, 0.3) is 0 Å². The van der Waals surface area contributed by atoms with Crippen molar-refractivity contribution in [1.29, 1.82) is 0 Å². The highest BCUT2D eigenvalue weighted by Crippen LogP contribution is 2.30. The number of hydrogen-bond donors (Lipinski definition) is 1. The van der Waals surface area contributed by atoms with Crippen LogP contribution in [0, 0.1) is 0 Å². The van der Waals surface area contributed by atoms with Gasteiger partial charge in [0.25, 0.3) is 0 Å². The smallest absolute Gasteiger partial charge is 0.229 e. The van der Waals surface area contributed by atoms with Gasteiger partial charge in [-0.3, -0.25) is 9.59 Å². The van der Waals surface area contributed by atoms with Crippen molar-refractivity contribution in [2.24, 2.45) is 0 Å². The molecular weight excluding hydrogens is 312 g/mol. The van der Waals surface area contributed by atoms with Gasteiger partial charge in [-0.25, -0.2) is 0 Å². The molecule has 118 valence electrons. The van der Waals surface area contributed by atoms with Crippen molar-refractivity contribution < 1.29 is 9.59 Å². The standard InChI is InChI=1S/C18H17ClN2O2/c1-12-10-18(23)21(16-5-3-2-4-15(16)20-12)11-17(22)13-6-8-14(19)9-7-13/h2-9,12,20H,10-11H2,1H3/t12-/m0/s1. The van der Waals surface area contributed by atoms with Gasteiger partial charge in [-0.1, -0.05) is 23.7 Å². The fourth-order valence-electron chi connectivity index (χ4n) is 2.70. The molecule has 1 aliphatic heterocycles. The van der Waals surface area contributed by atoms with Gasteiger partial charge in [0.05, 0.1) is 17.9 Å². The normalized spacial score (nSPS) is 17.2. The molecule has 0 radical (unpaired) electrons. The molecule has 3 rings (SSSR count). The zero-order valence-corrected chi connectivity index (χ0v) is 13.5. The lowest BCUT2D eigenvalue weighted by Gasteiger charge is -2.21. The Bertz CT molecular complexity index is 743. The van der Waals surface area contributed by atoms with E-state index >= 15 is 0 Å². The number of para-hydroxylation sites is 2. The molecule has 0 aliphatic carbocycles. The number of rotatable bonds is 3. The first kappa shape index (κ1) is 15.6. The molecule has 1 N–H and O–H groups in total. The first-order valence-electron chi connectivity index (χ1n) is 7.49. The number of nitrogens with one attached hydrogen (secondary N) is 1. The maximum Gasteiger partial charge on any atom is 0.229 e. The molecule has 0 spiro atoms. The molecule has 1 atom stereocenters. The molecule has 0 fully saturated rings. The summed E-state index contributed by atoms with van der Waals surface area (Å²) in [5, 5.41) is 3.89. The SMILES string of the molecule is C[C@H]1CC(=O)N(CC(=O)c2ccc(Cl)cc2)c2ccccc2N1. The van der Waals surface area contributed by atoms with Crippen LogP contribution in [0.5, 0.6) is 0 Å². The van der Waals surface area contributed by atoms with Crippen molar-refractivity contribution in [1.82, 2.24) is 0 Å². The lowest BCUT2D eigenvalue weighted by atomic mass is 10.1. The third kappa shape index (κ3) is 3.37. The minimum atomic E-state index is -0.112. The second kappa shape index (κ2) is 6.42. The van der Waals surface area contributed by atoms with Crippen LogP contribution in [0.4, 0.5) is 11.4 Å². The van der Waals surface area contributed by atoms with Gasteiger partial charge >= 0.3 is 0 Å². The number of halogens is 1. The molecular formula is C18H17ClN2O2. The van der Waals surface area contributed by atoms with Gasteiger partial charge in [-0.05, 0) is 43.3 Å². The molecule has 0 unspecified atom stereocenters. The van der Waals surface area contributed by atoms with Gasteiger partial charge in [-0.15, -0.1) is 0 Å². The maximum absolute atomic E-state index is 12.5. The van der Waals surface area contributed by atoms with Crippen LogP contribution in [0.3, 0.4) is 0 Å². The van der Waals surface area contributed by atoms with Crippen molar-refractivity contribution in [2.45, 2.75) is 19.4 Å². The molecule has 1 heterocycles. The van der Waals surface area contributed by atoms with E-state index < -0.39 is 0 Å². The summed E-state index contributed by atoms with van der Waals surface area (Å²) < 4.78 is 0. The highest BCUT2D eigenvalue weighted by molar-refractivity contribution is 6.30. The Morgan fingerprint density at radius 2 is 1.91 bits per heavy atom. The number of ketones is 1. The summed E-state index contributed by atoms with van der Waals surface area (Å²) in [4.78, 5) is 26.6. The van der Waals surface area contributed by atoms with E-state index in [9.17, 15) is 9.59 Å². The van der Waals surface area contributed by atoms with Crippen LogP contribution in [-0.4, -0.2) is 24.3 Å². The van der Waals surface area contributed by atoms with E-state index in [2.05, 4.69) is 5.32 Å². The van der Waals surface area contributed by atoms with Crippen molar-refractivity contribution in [2.75, 3.05) is 16.8 Å². The summed E-state index contributed by atoms with van der Waals surface area (Å²) in [6.45, 7) is 1.98. The molecule has 1 aliphatic rings. The van der Waals surface area contributed by atoms with E-state index in [1.165, 1.54) is 0 Å². The number of nitrogens with zero attached hydrogens (tertiary/aromatic N) is 1. The predicted molar refractivity (Wildman–Crippen MR) is 92.3 cm³/mol. The summed E-state index contributed by atoms with van der Waals surface area (Å²) in [6.07, 6.45) is 0.350. The van der Waals surface area contributed by atoms with Gasteiger partial charge in [0, 0.05) is 23.0 Å². The number of benzene rings is 2. The van der Waals surface area contributed by atoms with Crippen LogP contribution >= 0.6 is 11.6 Å². The number of carbonyl (C=O) groups excluding carboxylic acids is 2. The van der Waals surface area contributed by atoms with E-state index in [0.717, 1.165) is 11.4 Å². The topological polar surface area (TPSA) is 49.4 Å². The minimum absolute atomic E-state index is 0.0197. The van der Waals surface area contributed by atoms with Crippen LogP contribution in [0.2, 0.25) is 5.02 Å². The number of carbonyl (C=O) groups is 2. The fraction of sp³-hybridized carbons (Fsp3) is 0.222. The lowest BCUT2D eigenvalue weighted by Crippen LogP contribution is -2.36. The average molecular weight is 329 g/mol. The van der Waals surface area contributed by atoms with Crippen LogP contribution in [0.1, 0.15) is 23.7 Å². The Morgan fingerprint density at radius 3 is 2.65 bits per heavy atom.